The predicted octanol–water partition coefficient (Wildman–Crippen LogP) is 1.34. The molecule has 1 aromatic rings. The van der Waals surface area contributed by atoms with Gasteiger partial charge in [-0.15, -0.1) is 0 Å². The summed E-state index contributed by atoms with van der Waals surface area (Å²) >= 11 is 0. The van der Waals surface area contributed by atoms with Crippen molar-refractivity contribution in [2.24, 2.45) is 0 Å². The Hall–Kier alpha value is -1.18. The van der Waals surface area contributed by atoms with Crippen LogP contribution in [0.5, 0.6) is 0 Å². The first-order chi connectivity index (χ1) is 3.79. The van der Waals surface area contributed by atoms with Crippen LogP contribution in [0.3, 0.4) is 0 Å². The van der Waals surface area contributed by atoms with E-state index in [4.69, 9.17) is 11.5 Å². The second-order valence-electron chi connectivity index (χ2n) is 1.67. The molecule has 0 aliphatic heterocycles. The number of hydrogen-bond acceptors (Lipinski definition) is 2. The minimum absolute atomic E-state index is 0. The molecule has 1 aromatic carbocycles. The topological polar surface area (TPSA) is 52.0 Å². The molecule has 46 valence electrons. The second-order valence-corrected chi connectivity index (χ2v) is 1.67. The fourth-order valence-corrected chi connectivity index (χ4v) is 0.496. The quantitative estimate of drug-likeness (QED) is 0.497. The standard InChI is InChI=1S/C6H8N2.2H2/c7-5-1-2-6(8)4-3-5;;/h1-4H,7-8H2;2*1H. The molecule has 0 unspecified atom stereocenters. The fraction of sp³-hybridized carbons (Fsp3) is 0. The van der Waals surface area contributed by atoms with Gasteiger partial charge in [-0.3, -0.25) is 0 Å². The van der Waals surface area contributed by atoms with Crippen molar-refractivity contribution in [3.05, 3.63) is 24.3 Å². The van der Waals surface area contributed by atoms with Crippen molar-refractivity contribution in [2.75, 3.05) is 11.5 Å². The van der Waals surface area contributed by atoms with Crippen LogP contribution in [0.4, 0.5) is 11.4 Å². The van der Waals surface area contributed by atoms with Crippen molar-refractivity contribution in [3.8, 4) is 0 Å². The number of nitrogen functional groups attached to an aromatic ring is 2. The summed E-state index contributed by atoms with van der Waals surface area (Å²) in [4.78, 5) is 0. The summed E-state index contributed by atoms with van der Waals surface area (Å²) in [5.74, 6) is 0. The van der Waals surface area contributed by atoms with Gasteiger partial charge in [0.15, 0.2) is 0 Å². The van der Waals surface area contributed by atoms with E-state index >= 15 is 0 Å². The average molecular weight is 112 g/mol. The zero-order chi connectivity index (χ0) is 5.98. The molecule has 2 heteroatoms. The van der Waals surface area contributed by atoms with E-state index in [1.807, 2.05) is 0 Å². The number of nitrogens with two attached hydrogens (primary N) is 2. The number of hydrogen-bond donors (Lipinski definition) is 2. The molecule has 0 saturated carbocycles. The van der Waals surface area contributed by atoms with Crippen LogP contribution < -0.4 is 11.5 Å². The Kier molecular flexibility index (Phi) is 1.08. The average Bonchev–Trinajstić information content (AvgIpc) is 1.77. The zero-order valence-electron chi connectivity index (χ0n) is 4.46. The monoisotopic (exact) mass is 112 g/mol. The van der Waals surface area contributed by atoms with Gasteiger partial charge in [0.05, 0.1) is 0 Å². The van der Waals surface area contributed by atoms with Gasteiger partial charge in [0, 0.05) is 14.2 Å². The largest absolute Gasteiger partial charge is 0.399 e. The third-order valence-corrected chi connectivity index (χ3v) is 0.936. The van der Waals surface area contributed by atoms with E-state index < -0.39 is 0 Å². The van der Waals surface area contributed by atoms with Gasteiger partial charge < -0.3 is 11.5 Å². The molecule has 2 nitrogen and oxygen atoms in total. The molecule has 4 N–H and O–H groups in total. The molecular weight excluding hydrogens is 100 g/mol. The maximum absolute atomic E-state index is 5.37. The summed E-state index contributed by atoms with van der Waals surface area (Å²) in [5, 5.41) is 0. The normalized spacial score (nSPS) is 9.00. The van der Waals surface area contributed by atoms with Crippen LogP contribution in [0.25, 0.3) is 0 Å². The van der Waals surface area contributed by atoms with Gasteiger partial charge in [0.2, 0.25) is 0 Å². The van der Waals surface area contributed by atoms with E-state index in [9.17, 15) is 0 Å². The molecule has 0 radical (unpaired) electrons. The molecule has 0 aliphatic rings. The number of benzene rings is 1. The molecule has 0 amide bonds. The highest BCUT2D eigenvalue weighted by atomic mass is 14.6. The van der Waals surface area contributed by atoms with Crippen molar-refractivity contribution in [3.63, 3.8) is 0 Å². The van der Waals surface area contributed by atoms with E-state index in [2.05, 4.69) is 0 Å². The first-order valence-corrected chi connectivity index (χ1v) is 2.40. The van der Waals surface area contributed by atoms with Crippen LogP contribution in [0.15, 0.2) is 24.3 Å². The van der Waals surface area contributed by atoms with Gasteiger partial charge in [-0.05, 0) is 24.3 Å². The Labute approximate surface area is 51.1 Å². The highest BCUT2D eigenvalue weighted by Gasteiger charge is 1.80. The number of rotatable bonds is 0. The molecular formula is C6H12N2. The molecule has 0 aromatic heterocycles. The Morgan fingerprint density at radius 2 is 1.12 bits per heavy atom. The Bertz CT molecular complexity index is 153. The molecule has 0 heterocycles. The minimum atomic E-state index is 0. The third-order valence-electron chi connectivity index (χ3n) is 0.936. The van der Waals surface area contributed by atoms with Gasteiger partial charge in [0.25, 0.3) is 0 Å². The summed E-state index contributed by atoms with van der Waals surface area (Å²) in [6.45, 7) is 0. The van der Waals surface area contributed by atoms with E-state index in [1.165, 1.54) is 0 Å². The lowest BCUT2D eigenvalue weighted by atomic mass is 10.3. The summed E-state index contributed by atoms with van der Waals surface area (Å²) in [7, 11) is 0. The summed E-state index contributed by atoms with van der Waals surface area (Å²) in [5.41, 5.74) is 12.2. The van der Waals surface area contributed by atoms with Crippen LogP contribution >= 0.6 is 0 Å². The Balaban J connectivity index is 0. The summed E-state index contributed by atoms with van der Waals surface area (Å²) < 4.78 is 0. The number of anilines is 2. The van der Waals surface area contributed by atoms with Crippen LogP contribution in [-0.4, -0.2) is 0 Å². The van der Waals surface area contributed by atoms with E-state index in [-0.39, 0.29) is 2.85 Å². The fourth-order valence-electron chi connectivity index (χ4n) is 0.496. The SMILES string of the molecule is Nc1ccc(N)cc1.[HH].[HH]. The van der Waals surface area contributed by atoms with Crippen molar-refractivity contribution >= 4 is 11.4 Å². The molecule has 1 rings (SSSR count). The van der Waals surface area contributed by atoms with Crippen molar-refractivity contribution in [2.45, 2.75) is 0 Å². The Morgan fingerprint density at radius 1 is 0.875 bits per heavy atom. The summed E-state index contributed by atoms with van der Waals surface area (Å²) in [6, 6.07) is 7.09. The highest BCUT2D eigenvalue weighted by Crippen LogP contribution is 2.04. The lowest BCUT2D eigenvalue weighted by Gasteiger charge is -1.90. The van der Waals surface area contributed by atoms with Gasteiger partial charge in [-0.1, -0.05) is 0 Å². The molecule has 0 atom stereocenters. The van der Waals surface area contributed by atoms with Gasteiger partial charge >= 0.3 is 0 Å². The maximum atomic E-state index is 5.37. The second kappa shape index (κ2) is 1.74. The van der Waals surface area contributed by atoms with Gasteiger partial charge in [-0.25, -0.2) is 0 Å². The van der Waals surface area contributed by atoms with E-state index in [0.29, 0.717) is 0 Å². The van der Waals surface area contributed by atoms with E-state index in [0.717, 1.165) is 11.4 Å². The molecule has 0 spiro atoms. The molecule has 0 bridgehead atoms. The van der Waals surface area contributed by atoms with Crippen LogP contribution in [0, 0.1) is 0 Å². The Morgan fingerprint density at radius 3 is 1.38 bits per heavy atom. The molecule has 8 heavy (non-hydrogen) atoms. The summed E-state index contributed by atoms with van der Waals surface area (Å²) in [6.07, 6.45) is 0. The minimum Gasteiger partial charge on any atom is -0.399 e. The van der Waals surface area contributed by atoms with Crippen LogP contribution in [0.2, 0.25) is 0 Å². The van der Waals surface area contributed by atoms with E-state index in [1.54, 1.807) is 24.3 Å². The maximum Gasteiger partial charge on any atom is 0.0315 e. The van der Waals surface area contributed by atoms with Crippen LogP contribution in [0.1, 0.15) is 2.85 Å². The van der Waals surface area contributed by atoms with Crippen molar-refractivity contribution in [1.29, 1.82) is 0 Å². The van der Waals surface area contributed by atoms with Gasteiger partial charge in [0.1, 0.15) is 0 Å². The van der Waals surface area contributed by atoms with Gasteiger partial charge in [-0.2, -0.15) is 0 Å². The van der Waals surface area contributed by atoms with Crippen LogP contribution in [-0.2, 0) is 0 Å². The predicted molar refractivity (Wildman–Crippen MR) is 39.5 cm³/mol. The third kappa shape index (κ3) is 0.904. The molecule has 0 aliphatic carbocycles. The zero-order valence-corrected chi connectivity index (χ0v) is 4.46. The smallest absolute Gasteiger partial charge is 0.0315 e. The van der Waals surface area contributed by atoms with Crippen molar-refractivity contribution < 1.29 is 2.85 Å². The first kappa shape index (κ1) is 4.97. The highest BCUT2D eigenvalue weighted by molar-refractivity contribution is 5.47. The van der Waals surface area contributed by atoms with Crippen molar-refractivity contribution in [1.82, 2.24) is 0 Å². The lowest BCUT2D eigenvalue weighted by molar-refractivity contribution is 1.67. The molecule has 0 saturated heterocycles. The lowest BCUT2D eigenvalue weighted by Crippen LogP contribution is -1.86. The molecule has 0 fully saturated rings. The first-order valence-electron chi connectivity index (χ1n) is 2.40.